The van der Waals surface area contributed by atoms with Crippen LogP contribution in [0, 0.1) is 0 Å². The fourth-order valence-corrected chi connectivity index (χ4v) is 16.2. The maximum atomic E-state index is 7.03. The second-order valence-electron chi connectivity index (χ2n) is 27.8. The minimum atomic E-state index is 0.830. The van der Waals surface area contributed by atoms with E-state index in [2.05, 4.69) is 416 Å². The fourth-order valence-electron chi connectivity index (χ4n) is 16.2. The topological polar surface area (TPSA) is 32.8 Å². The first-order valence-corrected chi connectivity index (χ1v) is 36.9. The van der Waals surface area contributed by atoms with Crippen LogP contribution >= 0.6 is 0 Å². The zero-order chi connectivity index (χ0) is 71.4. The summed E-state index contributed by atoms with van der Waals surface area (Å²) in [6.07, 6.45) is 0. The molecule has 0 atom stereocenters. The van der Waals surface area contributed by atoms with Gasteiger partial charge in [-0.3, -0.25) is 0 Å². The predicted octanol–water partition coefficient (Wildman–Crippen LogP) is 29.7. The Morgan fingerprint density at radius 3 is 1.13 bits per heavy atom. The van der Waals surface area contributed by atoms with E-state index in [0.29, 0.717) is 0 Å². The number of nitrogens with zero attached hydrogens (tertiary/aromatic N) is 2. The van der Waals surface area contributed by atoms with E-state index < -0.39 is 0 Å². The van der Waals surface area contributed by atoms with E-state index in [0.717, 1.165) is 166 Å². The maximum Gasteiger partial charge on any atom is 0.136 e. The average Bonchev–Trinajstić information content (AvgIpc) is 1.45. The van der Waals surface area contributed by atoms with E-state index in [1.54, 1.807) is 0 Å². The summed E-state index contributed by atoms with van der Waals surface area (Å²) < 4.78 is 13.5. The van der Waals surface area contributed by atoms with Crippen molar-refractivity contribution in [3.63, 3.8) is 0 Å². The van der Waals surface area contributed by atoms with E-state index in [-0.39, 0.29) is 0 Å². The van der Waals surface area contributed by atoms with E-state index in [1.165, 1.54) is 33.4 Å². The van der Waals surface area contributed by atoms with Crippen LogP contribution in [-0.4, -0.2) is 0 Å². The number of fused-ring (bicyclic) bond motifs is 10. The lowest BCUT2D eigenvalue weighted by Gasteiger charge is -2.28. The maximum absolute atomic E-state index is 7.03. The van der Waals surface area contributed by atoms with Gasteiger partial charge in [-0.1, -0.05) is 303 Å². The molecular formula is C104H68N2O2. The van der Waals surface area contributed by atoms with Gasteiger partial charge in [-0.2, -0.15) is 0 Å². The number of hydrogen-bond acceptors (Lipinski definition) is 4. The van der Waals surface area contributed by atoms with Crippen LogP contribution < -0.4 is 9.80 Å². The molecule has 2 heterocycles. The summed E-state index contributed by atoms with van der Waals surface area (Å²) in [6, 6.07) is 149. The van der Waals surface area contributed by atoms with Crippen molar-refractivity contribution in [1.82, 2.24) is 0 Å². The molecule has 4 nitrogen and oxygen atoms in total. The highest BCUT2D eigenvalue weighted by atomic mass is 16.3. The molecule has 0 N–H and O–H groups in total. The normalized spacial score (nSPS) is 11.5. The second kappa shape index (κ2) is 27.1. The second-order valence-corrected chi connectivity index (χ2v) is 27.8. The Morgan fingerprint density at radius 2 is 0.528 bits per heavy atom. The summed E-state index contributed by atoms with van der Waals surface area (Å²) in [5.41, 5.74) is 30.3. The first-order valence-electron chi connectivity index (χ1n) is 36.9. The highest BCUT2D eigenvalue weighted by Gasteiger charge is 2.24. The summed E-state index contributed by atoms with van der Waals surface area (Å²) in [5, 5.41) is 9.00. The van der Waals surface area contributed by atoms with Crippen molar-refractivity contribution in [3.8, 4) is 100 Å². The van der Waals surface area contributed by atoms with E-state index in [1.807, 2.05) is 6.07 Å². The number of hydrogen-bond donors (Lipinski definition) is 0. The average molecular weight is 1380 g/mol. The number of rotatable bonds is 15. The molecule has 0 unspecified atom stereocenters. The number of benzene rings is 18. The first kappa shape index (κ1) is 63.4. The lowest BCUT2D eigenvalue weighted by Crippen LogP contribution is -2.11. The van der Waals surface area contributed by atoms with Crippen LogP contribution in [0.4, 0.5) is 34.1 Å². The molecule has 0 fully saturated rings. The van der Waals surface area contributed by atoms with Crippen LogP contribution in [0.15, 0.2) is 421 Å². The van der Waals surface area contributed by atoms with Crippen molar-refractivity contribution in [1.29, 1.82) is 0 Å². The van der Waals surface area contributed by atoms with Crippen molar-refractivity contribution in [3.05, 3.63) is 413 Å². The summed E-state index contributed by atoms with van der Waals surface area (Å²) >= 11 is 0. The molecule has 0 amide bonds. The summed E-state index contributed by atoms with van der Waals surface area (Å²) in [6.45, 7) is 0. The molecule has 0 spiro atoms. The first-order chi connectivity index (χ1) is 53.5. The third kappa shape index (κ3) is 11.5. The fraction of sp³-hybridized carbons (Fsp3) is 0. The van der Waals surface area contributed by atoms with Gasteiger partial charge in [0, 0.05) is 55.4 Å². The Labute approximate surface area is 626 Å². The van der Waals surface area contributed by atoms with Gasteiger partial charge in [0.25, 0.3) is 0 Å². The lowest BCUT2D eigenvalue weighted by atomic mass is 9.90. The van der Waals surface area contributed by atoms with Crippen LogP contribution in [0.1, 0.15) is 0 Å². The summed E-state index contributed by atoms with van der Waals surface area (Å²) in [7, 11) is 0. The van der Waals surface area contributed by atoms with Gasteiger partial charge in [0.2, 0.25) is 0 Å². The molecule has 0 aliphatic heterocycles. The van der Waals surface area contributed by atoms with Gasteiger partial charge in [-0.15, -0.1) is 0 Å². The van der Waals surface area contributed by atoms with Gasteiger partial charge in [-0.25, -0.2) is 0 Å². The molecule has 20 aromatic rings. The van der Waals surface area contributed by atoms with Crippen molar-refractivity contribution in [2.24, 2.45) is 0 Å². The summed E-state index contributed by atoms with van der Waals surface area (Å²) in [4.78, 5) is 4.81. The molecule has 0 aliphatic rings. The molecule has 0 radical (unpaired) electrons. The minimum absolute atomic E-state index is 0.830. The zero-order valence-electron chi connectivity index (χ0n) is 59.0. The van der Waals surface area contributed by atoms with Gasteiger partial charge in [0.1, 0.15) is 22.3 Å². The van der Waals surface area contributed by atoms with E-state index in [4.69, 9.17) is 8.83 Å². The van der Waals surface area contributed by atoms with Gasteiger partial charge >= 0.3 is 0 Å². The molecule has 0 saturated heterocycles. The van der Waals surface area contributed by atoms with Crippen LogP contribution in [0.2, 0.25) is 0 Å². The van der Waals surface area contributed by atoms with Gasteiger partial charge in [0.05, 0.1) is 11.4 Å². The van der Waals surface area contributed by atoms with Crippen LogP contribution in [-0.2, 0) is 0 Å². The minimum Gasteiger partial charge on any atom is -0.456 e. The smallest absolute Gasteiger partial charge is 0.136 e. The molecule has 2 aromatic heterocycles. The molecule has 18 aromatic carbocycles. The van der Waals surface area contributed by atoms with E-state index >= 15 is 0 Å². The zero-order valence-corrected chi connectivity index (χ0v) is 59.0. The molecule has 0 aliphatic carbocycles. The predicted molar refractivity (Wildman–Crippen MR) is 454 cm³/mol. The lowest BCUT2D eigenvalue weighted by molar-refractivity contribution is 0.669. The Kier molecular flexibility index (Phi) is 15.9. The van der Waals surface area contributed by atoms with Crippen LogP contribution in [0.25, 0.3) is 166 Å². The Hall–Kier alpha value is -14.3. The van der Waals surface area contributed by atoms with Gasteiger partial charge in [0.15, 0.2) is 0 Å². The monoisotopic (exact) mass is 1380 g/mol. The molecular weight excluding hydrogens is 1310 g/mol. The number of para-hydroxylation sites is 3. The standard InChI is InChI=1S/C104H68N2O2/c1-5-21-69(22-6-1)73-41-52-83(53-42-73)105(84-56-45-75(46-57-84)79-30-19-29-78(65-79)71-25-9-3-10-26-71)97-36-16-13-31-88(97)81-40-39-77-51-63-100-104(96(77)67-81)94-61-50-82(68-102(94)108-100)87-60-49-80(72-27-11-4-12-28-72)66-95(87)76-47-58-86(59-48-76)106(85-54-43-74(44-55-85)70-23-7-2-8-24-70)98-37-17-14-32-91(98)89-34-20-35-92-90(89)62-64-101-103(92)93-33-15-18-38-99(93)107-101/h1-68H. The number of anilines is 6. The summed E-state index contributed by atoms with van der Waals surface area (Å²) in [5.74, 6) is 0. The van der Waals surface area contributed by atoms with Gasteiger partial charge < -0.3 is 18.6 Å². The highest BCUT2D eigenvalue weighted by Crippen LogP contribution is 2.49. The molecule has 20 rings (SSSR count). The van der Waals surface area contributed by atoms with E-state index in [9.17, 15) is 0 Å². The third-order valence-electron chi connectivity index (χ3n) is 21.5. The molecule has 4 heteroatoms. The molecule has 0 saturated carbocycles. The Balaban J connectivity index is 0.678. The Morgan fingerprint density at radius 1 is 0.157 bits per heavy atom. The number of furan rings is 2. The van der Waals surface area contributed by atoms with Crippen molar-refractivity contribution in [2.45, 2.75) is 0 Å². The SMILES string of the molecule is c1ccc(-c2ccc(N(c3ccc(-c4cccc(-c5ccccc5)c4)cc3)c3ccccc3-c3ccc4ccc5oc6cc(-c7ccc(-c8ccccc8)cc7-c7ccc(N(c8ccc(-c9ccccc9)cc8)c8ccccc8-c8cccc9c8ccc8oc%10ccccc%10c89)cc7)ccc6c5c4c3)cc2)cc1. The van der Waals surface area contributed by atoms with Gasteiger partial charge in [-0.05, 0) is 220 Å². The van der Waals surface area contributed by atoms with Crippen LogP contribution in [0.5, 0.6) is 0 Å². The largest absolute Gasteiger partial charge is 0.456 e. The van der Waals surface area contributed by atoms with Crippen molar-refractivity contribution < 1.29 is 8.83 Å². The molecule has 506 valence electrons. The van der Waals surface area contributed by atoms with Crippen molar-refractivity contribution >= 4 is 99.5 Å². The molecule has 0 bridgehead atoms. The highest BCUT2D eigenvalue weighted by molar-refractivity contribution is 6.22. The third-order valence-corrected chi connectivity index (χ3v) is 21.5. The Bertz CT molecular complexity index is 6750. The quantitative estimate of drug-likeness (QED) is 0.102. The van der Waals surface area contributed by atoms with Crippen molar-refractivity contribution in [2.75, 3.05) is 9.80 Å². The molecule has 108 heavy (non-hydrogen) atoms. The van der Waals surface area contributed by atoms with Crippen LogP contribution in [0.3, 0.4) is 0 Å².